The zero-order valence-electron chi connectivity index (χ0n) is 15.1. The van der Waals surface area contributed by atoms with Crippen molar-refractivity contribution in [1.82, 2.24) is 34.9 Å². The van der Waals surface area contributed by atoms with E-state index in [9.17, 15) is 0 Å². The second-order valence-electron chi connectivity index (χ2n) is 6.78. The minimum absolute atomic E-state index is 0.528. The molecule has 0 saturated carbocycles. The van der Waals surface area contributed by atoms with E-state index in [1.165, 1.54) is 16.9 Å². The van der Waals surface area contributed by atoms with Crippen molar-refractivity contribution >= 4 is 33.1 Å². The molecule has 0 amide bonds. The molecule has 5 rings (SSSR count). The lowest BCUT2D eigenvalue weighted by Gasteiger charge is -2.26. The van der Waals surface area contributed by atoms with Crippen LogP contribution >= 0.6 is 11.3 Å². The number of nitrogens with one attached hydrogen (secondary N) is 1. The molecule has 0 radical (unpaired) electrons. The molecular weight excluding hydrogens is 360 g/mol. The first-order valence-electron chi connectivity index (χ1n) is 9.21. The number of aromatic nitrogens is 6. The van der Waals surface area contributed by atoms with Crippen molar-refractivity contribution in [2.24, 2.45) is 0 Å². The van der Waals surface area contributed by atoms with Crippen LogP contribution in [0.1, 0.15) is 29.3 Å². The first-order chi connectivity index (χ1) is 13.3. The molecule has 0 aromatic carbocycles. The Hall–Kier alpha value is -2.65. The van der Waals surface area contributed by atoms with Gasteiger partial charge in [0.05, 0.1) is 5.39 Å². The lowest BCUT2D eigenvalue weighted by Crippen LogP contribution is -2.30. The van der Waals surface area contributed by atoms with Gasteiger partial charge in [-0.1, -0.05) is 18.1 Å². The second-order valence-corrected chi connectivity index (χ2v) is 7.86. The van der Waals surface area contributed by atoms with Gasteiger partial charge in [0.25, 0.3) is 5.78 Å². The fourth-order valence-electron chi connectivity index (χ4n) is 3.70. The van der Waals surface area contributed by atoms with Gasteiger partial charge in [-0.25, -0.2) is 0 Å². The molecule has 27 heavy (non-hydrogen) atoms. The number of hydrogen-bond acceptors (Lipinski definition) is 8. The van der Waals surface area contributed by atoms with Gasteiger partial charge in [-0.15, -0.1) is 11.3 Å². The molecule has 0 bridgehead atoms. The van der Waals surface area contributed by atoms with Gasteiger partial charge in [-0.2, -0.15) is 9.50 Å². The topological polar surface area (TPSA) is 84.1 Å². The SMILES string of the molecule is CCCN1CCc2c(sc3c2c(NCc2cccnc2)nc2nnnn23)C1. The molecule has 0 aliphatic carbocycles. The molecule has 1 aliphatic rings. The standard InChI is InChI=1S/C18H20N8S/c1-2-7-25-8-5-13-14(11-25)27-17-15(13)16(21-18-22-23-24-26(17)18)20-10-12-4-3-6-19-9-12/h3-4,6,9H,2,5,7-8,10-11H2,1H3,(H,20,21,22,24). The fourth-order valence-corrected chi connectivity index (χ4v) is 5.03. The van der Waals surface area contributed by atoms with Crippen molar-refractivity contribution in [1.29, 1.82) is 0 Å². The molecular formula is C18H20N8S. The Morgan fingerprint density at radius 2 is 2.30 bits per heavy atom. The van der Waals surface area contributed by atoms with Gasteiger partial charge in [0.2, 0.25) is 0 Å². The van der Waals surface area contributed by atoms with E-state index in [-0.39, 0.29) is 0 Å². The predicted octanol–water partition coefficient (Wildman–Crippen LogP) is 2.51. The highest BCUT2D eigenvalue weighted by atomic mass is 32.1. The van der Waals surface area contributed by atoms with Gasteiger partial charge in [-0.3, -0.25) is 9.88 Å². The van der Waals surface area contributed by atoms with Crippen LogP contribution < -0.4 is 5.32 Å². The van der Waals surface area contributed by atoms with Crippen molar-refractivity contribution in [2.75, 3.05) is 18.4 Å². The quantitative estimate of drug-likeness (QED) is 0.569. The Bertz CT molecular complexity index is 1090. The van der Waals surface area contributed by atoms with E-state index in [2.05, 4.69) is 43.7 Å². The van der Waals surface area contributed by atoms with Gasteiger partial charge in [0, 0.05) is 36.9 Å². The number of fused-ring (bicyclic) bond motifs is 5. The maximum absolute atomic E-state index is 4.70. The van der Waals surface area contributed by atoms with E-state index >= 15 is 0 Å². The van der Waals surface area contributed by atoms with E-state index in [1.54, 1.807) is 22.0 Å². The average Bonchev–Trinajstić information content (AvgIpc) is 3.31. The number of thiophene rings is 1. The van der Waals surface area contributed by atoms with Gasteiger partial charge in [0.1, 0.15) is 10.6 Å². The van der Waals surface area contributed by atoms with E-state index in [4.69, 9.17) is 4.98 Å². The first-order valence-corrected chi connectivity index (χ1v) is 10.0. The predicted molar refractivity (Wildman–Crippen MR) is 105 cm³/mol. The minimum Gasteiger partial charge on any atom is -0.365 e. The summed E-state index contributed by atoms with van der Waals surface area (Å²) in [6, 6.07) is 4.00. The largest absolute Gasteiger partial charge is 0.365 e. The number of hydrogen-bond donors (Lipinski definition) is 1. The summed E-state index contributed by atoms with van der Waals surface area (Å²) in [6.45, 7) is 6.12. The molecule has 4 aromatic heterocycles. The van der Waals surface area contributed by atoms with E-state index < -0.39 is 0 Å². The zero-order chi connectivity index (χ0) is 18.2. The molecule has 9 heteroatoms. The lowest BCUT2D eigenvalue weighted by atomic mass is 10.0. The molecule has 0 spiro atoms. The molecule has 5 heterocycles. The number of anilines is 1. The van der Waals surface area contributed by atoms with Gasteiger partial charge < -0.3 is 5.32 Å². The molecule has 0 saturated heterocycles. The van der Waals surface area contributed by atoms with Crippen molar-refractivity contribution in [2.45, 2.75) is 32.9 Å². The highest BCUT2D eigenvalue weighted by Gasteiger charge is 2.25. The van der Waals surface area contributed by atoms with Crippen LogP contribution in [0.5, 0.6) is 0 Å². The summed E-state index contributed by atoms with van der Waals surface area (Å²) in [5.74, 6) is 1.39. The van der Waals surface area contributed by atoms with Crippen molar-refractivity contribution in [3.8, 4) is 0 Å². The maximum atomic E-state index is 4.70. The summed E-state index contributed by atoms with van der Waals surface area (Å²) in [4.78, 5) is 13.9. The number of tetrazole rings is 1. The Kier molecular flexibility index (Phi) is 4.17. The van der Waals surface area contributed by atoms with Gasteiger partial charge in [-0.05, 0) is 47.0 Å². The average molecular weight is 380 g/mol. The second kappa shape index (κ2) is 6.82. The summed E-state index contributed by atoms with van der Waals surface area (Å²) in [5, 5.41) is 16.7. The number of pyridine rings is 1. The lowest BCUT2D eigenvalue weighted by molar-refractivity contribution is 0.258. The van der Waals surface area contributed by atoms with Gasteiger partial charge >= 0.3 is 0 Å². The summed E-state index contributed by atoms with van der Waals surface area (Å²) in [5.41, 5.74) is 2.51. The van der Waals surface area contributed by atoms with E-state index in [0.29, 0.717) is 12.3 Å². The van der Waals surface area contributed by atoms with Crippen LogP contribution in [-0.4, -0.2) is 48.0 Å². The first kappa shape index (κ1) is 16.5. The molecule has 8 nitrogen and oxygen atoms in total. The normalized spacial score (nSPS) is 14.7. The summed E-state index contributed by atoms with van der Waals surface area (Å²) in [6.07, 6.45) is 5.86. The molecule has 138 valence electrons. The fraction of sp³-hybridized carbons (Fsp3) is 0.389. The number of rotatable bonds is 5. The Balaban J connectivity index is 1.59. The van der Waals surface area contributed by atoms with Crippen LogP contribution in [0.4, 0.5) is 5.82 Å². The molecule has 1 aliphatic heterocycles. The van der Waals surface area contributed by atoms with E-state index in [1.807, 2.05) is 12.3 Å². The van der Waals surface area contributed by atoms with Crippen LogP contribution in [0.25, 0.3) is 16.0 Å². The molecule has 0 atom stereocenters. The third-order valence-corrected chi connectivity index (χ3v) is 6.13. The van der Waals surface area contributed by atoms with Crippen LogP contribution in [0.3, 0.4) is 0 Å². The highest BCUT2D eigenvalue weighted by Crippen LogP contribution is 2.38. The van der Waals surface area contributed by atoms with Crippen LogP contribution in [0, 0.1) is 0 Å². The van der Waals surface area contributed by atoms with Crippen LogP contribution in [-0.2, 0) is 19.5 Å². The van der Waals surface area contributed by atoms with Crippen molar-refractivity contribution < 1.29 is 0 Å². The molecule has 0 unspecified atom stereocenters. The smallest absolute Gasteiger partial charge is 0.276 e. The third-order valence-electron chi connectivity index (χ3n) is 4.93. The monoisotopic (exact) mass is 380 g/mol. The Morgan fingerprint density at radius 3 is 3.15 bits per heavy atom. The van der Waals surface area contributed by atoms with Crippen LogP contribution in [0.2, 0.25) is 0 Å². The highest BCUT2D eigenvalue weighted by molar-refractivity contribution is 7.19. The van der Waals surface area contributed by atoms with Crippen LogP contribution in [0.15, 0.2) is 24.5 Å². The van der Waals surface area contributed by atoms with E-state index in [0.717, 1.165) is 47.7 Å². The molecule has 4 aromatic rings. The number of nitrogens with zero attached hydrogens (tertiary/aromatic N) is 7. The zero-order valence-corrected chi connectivity index (χ0v) is 15.9. The van der Waals surface area contributed by atoms with Crippen molar-refractivity contribution in [3.63, 3.8) is 0 Å². The maximum Gasteiger partial charge on any atom is 0.276 e. The summed E-state index contributed by atoms with van der Waals surface area (Å²) in [7, 11) is 0. The Morgan fingerprint density at radius 1 is 1.33 bits per heavy atom. The molecule has 0 fully saturated rings. The summed E-state index contributed by atoms with van der Waals surface area (Å²) < 4.78 is 1.76. The molecule has 1 N–H and O–H groups in total. The Labute approximate surface area is 160 Å². The van der Waals surface area contributed by atoms with Crippen molar-refractivity contribution in [3.05, 3.63) is 40.5 Å². The minimum atomic E-state index is 0.528. The van der Waals surface area contributed by atoms with Gasteiger partial charge in [0.15, 0.2) is 0 Å². The third kappa shape index (κ3) is 2.92. The summed E-state index contributed by atoms with van der Waals surface area (Å²) >= 11 is 1.79.